The van der Waals surface area contributed by atoms with E-state index in [0.717, 1.165) is 5.69 Å². The summed E-state index contributed by atoms with van der Waals surface area (Å²) < 4.78 is 1.63. The number of rotatable bonds is 5. The van der Waals surface area contributed by atoms with Crippen molar-refractivity contribution in [2.24, 2.45) is 5.73 Å². The Balaban J connectivity index is 1.48. The van der Waals surface area contributed by atoms with E-state index >= 15 is 0 Å². The van der Waals surface area contributed by atoms with Crippen LogP contribution in [-0.4, -0.2) is 31.6 Å². The first kappa shape index (κ1) is 16.7. The molecule has 134 valence electrons. The number of nitrogens with one attached hydrogen (secondary N) is 2. The van der Waals surface area contributed by atoms with Gasteiger partial charge in [0.1, 0.15) is 5.69 Å². The molecule has 0 fully saturated rings. The first-order chi connectivity index (χ1) is 13.1. The largest absolute Gasteiger partial charge is 0.364 e. The monoisotopic (exact) mass is 378 g/mol. The zero-order valence-electron chi connectivity index (χ0n) is 13.9. The molecule has 0 saturated heterocycles. The van der Waals surface area contributed by atoms with Gasteiger partial charge in [0.15, 0.2) is 10.8 Å². The van der Waals surface area contributed by atoms with Crippen molar-refractivity contribution in [3.63, 3.8) is 0 Å². The number of aromatic amines is 1. The molecule has 2 amide bonds. The molecule has 0 aliphatic heterocycles. The zero-order valence-corrected chi connectivity index (χ0v) is 14.7. The second kappa shape index (κ2) is 6.89. The molecule has 3 aromatic heterocycles. The minimum Gasteiger partial charge on any atom is -0.364 e. The SMILES string of the molecule is NC(=O)c1cc(-c2csc(NC(=O)c3ccn(-c4ccccc4)n3)n2)c[nH]1. The third kappa shape index (κ3) is 3.48. The second-order valence-corrected chi connectivity index (χ2v) is 6.50. The number of carbonyl (C=O) groups excluding carboxylic acids is 2. The minimum atomic E-state index is -0.543. The Hall–Kier alpha value is -3.72. The van der Waals surface area contributed by atoms with E-state index in [0.29, 0.717) is 22.1 Å². The summed E-state index contributed by atoms with van der Waals surface area (Å²) in [6.07, 6.45) is 3.37. The second-order valence-electron chi connectivity index (χ2n) is 5.64. The van der Waals surface area contributed by atoms with Crippen LogP contribution < -0.4 is 11.1 Å². The third-order valence-corrected chi connectivity index (χ3v) is 4.57. The van der Waals surface area contributed by atoms with E-state index in [1.165, 1.54) is 11.3 Å². The molecule has 0 spiro atoms. The first-order valence-corrected chi connectivity index (χ1v) is 8.85. The van der Waals surface area contributed by atoms with Crippen LogP contribution in [0.3, 0.4) is 0 Å². The van der Waals surface area contributed by atoms with Crippen molar-refractivity contribution < 1.29 is 9.59 Å². The van der Waals surface area contributed by atoms with Gasteiger partial charge in [-0.05, 0) is 24.3 Å². The van der Waals surface area contributed by atoms with Gasteiger partial charge in [0, 0.05) is 23.3 Å². The first-order valence-electron chi connectivity index (χ1n) is 7.97. The molecule has 0 bridgehead atoms. The van der Waals surface area contributed by atoms with E-state index in [-0.39, 0.29) is 11.6 Å². The van der Waals surface area contributed by atoms with Crippen molar-refractivity contribution in [1.82, 2.24) is 19.7 Å². The Labute approximate surface area is 157 Å². The van der Waals surface area contributed by atoms with Gasteiger partial charge in [0.25, 0.3) is 11.8 Å². The number of benzene rings is 1. The predicted molar refractivity (Wildman–Crippen MR) is 102 cm³/mol. The van der Waals surface area contributed by atoms with Gasteiger partial charge in [-0.3, -0.25) is 14.9 Å². The van der Waals surface area contributed by atoms with Crippen molar-refractivity contribution in [1.29, 1.82) is 0 Å². The molecule has 9 heteroatoms. The predicted octanol–water partition coefficient (Wildman–Crippen LogP) is 2.68. The number of amides is 2. The maximum absolute atomic E-state index is 12.4. The van der Waals surface area contributed by atoms with Gasteiger partial charge in [-0.2, -0.15) is 5.10 Å². The molecule has 1 aromatic carbocycles. The number of nitrogens with zero attached hydrogens (tertiary/aromatic N) is 3. The Morgan fingerprint density at radius 2 is 2.00 bits per heavy atom. The minimum absolute atomic E-state index is 0.285. The lowest BCUT2D eigenvalue weighted by atomic mass is 10.2. The summed E-state index contributed by atoms with van der Waals surface area (Å²) in [4.78, 5) is 30.7. The molecule has 0 saturated carbocycles. The maximum Gasteiger partial charge on any atom is 0.277 e. The van der Waals surface area contributed by atoms with Crippen LogP contribution >= 0.6 is 11.3 Å². The summed E-state index contributed by atoms with van der Waals surface area (Å²) in [5.41, 5.74) is 8.03. The van der Waals surface area contributed by atoms with Crippen LogP contribution in [0.25, 0.3) is 16.9 Å². The molecule has 4 N–H and O–H groups in total. The van der Waals surface area contributed by atoms with Gasteiger partial charge in [0.05, 0.1) is 11.4 Å². The highest BCUT2D eigenvalue weighted by atomic mass is 32.1. The molecule has 4 aromatic rings. The van der Waals surface area contributed by atoms with E-state index < -0.39 is 5.91 Å². The van der Waals surface area contributed by atoms with Crippen LogP contribution in [0, 0.1) is 0 Å². The zero-order chi connectivity index (χ0) is 18.8. The highest BCUT2D eigenvalue weighted by Gasteiger charge is 2.14. The molecule has 27 heavy (non-hydrogen) atoms. The standard InChI is InChI=1S/C18H14N6O2S/c19-16(25)14-8-11(9-20-14)15-10-27-18(21-15)22-17(26)13-6-7-24(23-13)12-4-2-1-3-5-12/h1-10,20H,(H2,19,25)(H,21,22,26). The topological polar surface area (TPSA) is 119 Å². The van der Waals surface area contributed by atoms with Gasteiger partial charge in [0.2, 0.25) is 0 Å². The summed E-state index contributed by atoms with van der Waals surface area (Å²) in [7, 11) is 0. The molecule has 8 nitrogen and oxygen atoms in total. The van der Waals surface area contributed by atoms with Gasteiger partial charge < -0.3 is 10.7 Å². The molecule has 3 heterocycles. The molecular weight excluding hydrogens is 364 g/mol. The highest BCUT2D eigenvalue weighted by molar-refractivity contribution is 7.14. The fourth-order valence-electron chi connectivity index (χ4n) is 2.48. The summed E-state index contributed by atoms with van der Waals surface area (Å²) >= 11 is 1.28. The van der Waals surface area contributed by atoms with E-state index in [9.17, 15) is 9.59 Å². The van der Waals surface area contributed by atoms with Crippen molar-refractivity contribution in [2.75, 3.05) is 5.32 Å². The lowest BCUT2D eigenvalue weighted by Crippen LogP contribution is -2.13. The lowest BCUT2D eigenvalue weighted by molar-refractivity contribution is 0.0993. The number of carbonyl (C=O) groups is 2. The van der Waals surface area contributed by atoms with Crippen LogP contribution in [0.1, 0.15) is 21.0 Å². The number of aromatic nitrogens is 4. The molecule has 0 radical (unpaired) electrons. The van der Waals surface area contributed by atoms with E-state index in [2.05, 4.69) is 20.4 Å². The average molecular weight is 378 g/mol. The van der Waals surface area contributed by atoms with Crippen molar-refractivity contribution in [2.45, 2.75) is 0 Å². The smallest absolute Gasteiger partial charge is 0.277 e. The fourth-order valence-corrected chi connectivity index (χ4v) is 3.19. The van der Waals surface area contributed by atoms with E-state index in [1.807, 2.05) is 30.3 Å². The summed E-state index contributed by atoms with van der Waals surface area (Å²) in [6, 6.07) is 12.8. The normalized spacial score (nSPS) is 10.7. The Morgan fingerprint density at radius 1 is 1.19 bits per heavy atom. The maximum atomic E-state index is 12.4. The van der Waals surface area contributed by atoms with Gasteiger partial charge >= 0.3 is 0 Å². The van der Waals surface area contributed by atoms with Gasteiger partial charge in [-0.25, -0.2) is 9.67 Å². The van der Waals surface area contributed by atoms with Crippen LogP contribution in [0.5, 0.6) is 0 Å². The van der Waals surface area contributed by atoms with Crippen LogP contribution in [0.15, 0.2) is 60.2 Å². The molecule has 0 atom stereocenters. The molecular formula is C18H14N6O2S. The summed E-state index contributed by atoms with van der Waals surface area (Å²) in [5.74, 6) is -0.892. The molecule has 0 aliphatic carbocycles. The Morgan fingerprint density at radius 3 is 2.74 bits per heavy atom. The number of para-hydroxylation sites is 1. The molecule has 0 aliphatic rings. The summed E-state index contributed by atoms with van der Waals surface area (Å²) in [6.45, 7) is 0. The van der Waals surface area contributed by atoms with E-state index in [4.69, 9.17) is 5.73 Å². The van der Waals surface area contributed by atoms with Crippen LogP contribution in [0.2, 0.25) is 0 Å². The average Bonchev–Trinajstić information content (AvgIpc) is 3.42. The number of hydrogen-bond donors (Lipinski definition) is 3. The highest BCUT2D eigenvalue weighted by Crippen LogP contribution is 2.25. The van der Waals surface area contributed by atoms with E-state index in [1.54, 1.807) is 34.6 Å². The van der Waals surface area contributed by atoms with Gasteiger partial charge in [-0.1, -0.05) is 18.2 Å². The summed E-state index contributed by atoms with van der Waals surface area (Å²) in [5, 5.41) is 9.24. The molecule has 0 unspecified atom stereocenters. The van der Waals surface area contributed by atoms with Crippen molar-refractivity contribution in [3.8, 4) is 16.9 Å². The van der Waals surface area contributed by atoms with Crippen LogP contribution in [-0.2, 0) is 0 Å². The fraction of sp³-hybridized carbons (Fsp3) is 0. The Bertz CT molecular complexity index is 1110. The number of nitrogens with two attached hydrogens (primary N) is 1. The van der Waals surface area contributed by atoms with Gasteiger partial charge in [-0.15, -0.1) is 11.3 Å². The number of hydrogen-bond acceptors (Lipinski definition) is 5. The van der Waals surface area contributed by atoms with Crippen molar-refractivity contribution in [3.05, 3.63) is 71.6 Å². The number of H-pyrrole nitrogens is 1. The van der Waals surface area contributed by atoms with Crippen LogP contribution in [0.4, 0.5) is 5.13 Å². The Kier molecular flexibility index (Phi) is 4.27. The lowest BCUT2D eigenvalue weighted by Gasteiger charge is -2.00. The van der Waals surface area contributed by atoms with Crippen molar-refractivity contribution >= 4 is 28.3 Å². The third-order valence-electron chi connectivity index (χ3n) is 3.81. The number of thiazole rings is 1. The quantitative estimate of drug-likeness (QED) is 0.495. The number of anilines is 1. The molecule has 4 rings (SSSR count). The number of primary amides is 1.